The number of rotatable bonds is 6. The molecule has 0 aromatic heterocycles. The Labute approximate surface area is 93.0 Å². The molecule has 0 aromatic carbocycles. The quantitative estimate of drug-likeness (QED) is 0.354. The third-order valence-electron chi connectivity index (χ3n) is 1.55. The second-order valence-corrected chi connectivity index (χ2v) is 4.54. The van der Waals surface area contributed by atoms with Crippen molar-refractivity contribution in [3.63, 3.8) is 0 Å². The highest BCUT2D eigenvalue weighted by atomic mass is 32.2. The lowest BCUT2D eigenvalue weighted by atomic mass is 10.1. The Morgan fingerprint density at radius 3 is 2.19 bits per heavy atom. The maximum atomic E-state index is 11.2. The fourth-order valence-corrected chi connectivity index (χ4v) is 0.828. The molecule has 0 saturated carbocycles. The molecule has 8 heteroatoms. The first-order chi connectivity index (χ1) is 7.21. The molecule has 0 unspecified atom stereocenters. The smallest absolute Gasteiger partial charge is 0.287 e. The second kappa shape index (κ2) is 5.42. The molecular weight excluding hydrogens is 236 g/mol. The first-order valence-electron chi connectivity index (χ1n) is 4.10. The van der Waals surface area contributed by atoms with Crippen LogP contribution in [-0.4, -0.2) is 26.0 Å². The number of nitrogens with two attached hydrogens (primary N) is 1. The van der Waals surface area contributed by atoms with E-state index < -0.39 is 21.9 Å². The molecule has 0 atom stereocenters. The molecular formula is C8H12N2O5S. The number of carbonyl (C=O) groups is 2. The maximum absolute atomic E-state index is 11.2. The van der Waals surface area contributed by atoms with E-state index in [2.05, 4.69) is 17.4 Å². The molecule has 0 aromatic rings. The van der Waals surface area contributed by atoms with Crippen LogP contribution in [0.15, 0.2) is 24.3 Å². The average Bonchev–Trinajstić information content (AvgIpc) is 2.23. The van der Waals surface area contributed by atoms with Gasteiger partial charge in [-0.1, -0.05) is 13.2 Å². The third kappa shape index (κ3) is 4.24. The van der Waals surface area contributed by atoms with E-state index in [0.29, 0.717) is 0 Å². The minimum Gasteiger partial charge on any atom is -0.366 e. The van der Waals surface area contributed by atoms with Crippen molar-refractivity contribution in [2.45, 2.75) is 6.92 Å². The Morgan fingerprint density at radius 1 is 1.31 bits per heavy atom. The van der Waals surface area contributed by atoms with Gasteiger partial charge in [0, 0.05) is 11.1 Å². The fraction of sp³-hybridized carbons (Fsp3) is 0.250. The monoisotopic (exact) mass is 248 g/mol. The van der Waals surface area contributed by atoms with Gasteiger partial charge in [-0.3, -0.25) is 9.59 Å². The van der Waals surface area contributed by atoms with Gasteiger partial charge in [-0.15, -0.1) is 4.28 Å². The summed E-state index contributed by atoms with van der Waals surface area (Å²) in [6.07, 6.45) is 0. The Balaban J connectivity index is 4.46. The van der Waals surface area contributed by atoms with Crippen LogP contribution in [0.5, 0.6) is 0 Å². The normalized spacial score (nSPS) is 10.6. The molecule has 0 aliphatic carbocycles. The molecule has 2 amide bonds. The minimum atomic E-state index is -3.81. The van der Waals surface area contributed by atoms with E-state index in [1.165, 1.54) is 6.92 Å². The number of hydroxylamine groups is 1. The number of nitrogens with one attached hydrogen (secondary N) is 1. The van der Waals surface area contributed by atoms with Crippen LogP contribution in [-0.2, 0) is 24.0 Å². The van der Waals surface area contributed by atoms with Gasteiger partial charge in [-0.25, -0.2) is 5.48 Å². The van der Waals surface area contributed by atoms with Crippen molar-refractivity contribution in [2.75, 3.05) is 5.75 Å². The molecule has 0 heterocycles. The Hall–Kier alpha value is -1.67. The summed E-state index contributed by atoms with van der Waals surface area (Å²) < 4.78 is 25.8. The number of amides is 2. The summed E-state index contributed by atoms with van der Waals surface area (Å²) in [5, 5.41) is 0. The van der Waals surface area contributed by atoms with Gasteiger partial charge < -0.3 is 5.73 Å². The van der Waals surface area contributed by atoms with E-state index >= 15 is 0 Å². The van der Waals surface area contributed by atoms with Crippen LogP contribution in [0.3, 0.4) is 0 Å². The fourth-order valence-electron chi connectivity index (χ4n) is 0.508. The Bertz CT molecular complexity index is 437. The van der Waals surface area contributed by atoms with Crippen LogP contribution in [0.2, 0.25) is 0 Å². The van der Waals surface area contributed by atoms with Gasteiger partial charge >= 0.3 is 0 Å². The molecule has 16 heavy (non-hydrogen) atoms. The van der Waals surface area contributed by atoms with E-state index in [1.807, 2.05) is 0 Å². The van der Waals surface area contributed by atoms with Crippen molar-refractivity contribution >= 4 is 21.9 Å². The molecule has 0 radical (unpaired) electrons. The van der Waals surface area contributed by atoms with E-state index in [9.17, 15) is 18.0 Å². The molecule has 0 rings (SSSR count). The van der Waals surface area contributed by atoms with Gasteiger partial charge in [0.1, 0.15) is 0 Å². The van der Waals surface area contributed by atoms with Crippen LogP contribution in [0.4, 0.5) is 0 Å². The summed E-state index contributed by atoms with van der Waals surface area (Å²) >= 11 is 0. The van der Waals surface area contributed by atoms with Crippen molar-refractivity contribution in [2.24, 2.45) is 5.73 Å². The first kappa shape index (κ1) is 14.3. The lowest BCUT2D eigenvalue weighted by Gasteiger charge is -2.06. The van der Waals surface area contributed by atoms with Crippen molar-refractivity contribution in [3.05, 3.63) is 24.3 Å². The Morgan fingerprint density at radius 2 is 1.81 bits per heavy atom. The largest absolute Gasteiger partial charge is 0.366 e. The van der Waals surface area contributed by atoms with Gasteiger partial charge in [-0.2, -0.15) is 8.42 Å². The molecule has 7 nitrogen and oxygen atoms in total. The highest BCUT2D eigenvalue weighted by molar-refractivity contribution is 7.86. The number of hydrogen-bond acceptors (Lipinski definition) is 5. The predicted molar refractivity (Wildman–Crippen MR) is 56.2 cm³/mol. The van der Waals surface area contributed by atoms with Crippen LogP contribution in [0, 0.1) is 0 Å². The predicted octanol–water partition coefficient (Wildman–Crippen LogP) is -1.02. The summed E-state index contributed by atoms with van der Waals surface area (Å²) in [6.45, 7) is 7.75. The molecule has 0 bridgehead atoms. The van der Waals surface area contributed by atoms with Crippen molar-refractivity contribution in [1.82, 2.24) is 5.48 Å². The van der Waals surface area contributed by atoms with E-state index in [0.717, 1.165) is 0 Å². The van der Waals surface area contributed by atoms with Crippen molar-refractivity contribution in [1.29, 1.82) is 0 Å². The average molecular weight is 248 g/mol. The van der Waals surface area contributed by atoms with E-state index in [1.54, 1.807) is 5.48 Å². The van der Waals surface area contributed by atoms with E-state index in [-0.39, 0.29) is 16.9 Å². The van der Waals surface area contributed by atoms with Gasteiger partial charge in [0.25, 0.3) is 16.0 Å². The van der Waals surface area contributed by atoms with Crippen molar-refractivity contribution < 1.29 is 22.3 Å². The highest BCUT2D eigenvalue weighted by Gasteiger charge is 2.17. The number of primary amides is 1. The summed E-state index contributed by atoms with van der Waals surface area (Å²) in [4.78, 5) is 21.8. The van der Waals surface area contributed by atoms with Crippen LogP contribution in [0.25, 0.3) is 0 Å². The molecule has 90 valence electrons. The van der Waals surface area contributed by atoms with Crippen molar-refractivity contribution in [3.8, 4) is 0 Å². The summed E-state index contributed by atoms with van der Waals surface area (Å²) in [5.74, 6) is -2.24. The zero-order valence-electron chi connectivity index (χ0n) is 8.65. The van der Waals surface area contributed by atoms with Gasteiger partial charge in [0.2, 0.25) is 5.91 Å². The molecule has 0 saturated heterocycles. The first-order valence-corrected chi connectivity index (χ1v) is 5.68. The van der Waals surface area contributed by atoms with Gasteiger partial charge in [0.15, 0.2) is 0 Å². The van der Waals surface area contributed by atoms with E-state index in [4.69, 9.17) is 5.73 Å². The van der Waals surface area contributed by atoms with Crippen LogP contribution < -0.4 is 11.2 Å². The lowest BCUT2D eigenvalue weighted by molar-refractivity contribution is -0.124. The van der Waals surface area contributed by atoms with Crippen LogP contribution in [0.1, 0.15) is 6.92 Å². The lowest BCUT2D eigenvalue weighted by Crippen LogP contribution is -2.31. The molecule has 0 aliphatic rings. The van der Waals surface area contributed by atoms with Gasteiger partial charge in [-0.05, 0) is 6.92 Å². The molecule has 0 fully saturated rings. The molecule has 0 aliphatic heterocycles. The third-order valence-corrected chi connectivity index (χ3v) is 2.60. The molecule has 0 spiro atoms. The van der Waals surface area contributed by atoms with Gasteiger partial charge in [0.05, 0.1) is 5.75 Å². The second-order valence-electron chi connectivity index (χ2n) is 2.68. The zero-order valence-corrected chi connectivity index (χ0v) is 9.46. The SMILES string of the molecule is C=C(C(=C)C(=O)NOS(=O)(=O)CC)C(N)=O. The summed E-state index contributed by atoms with van der Waals surface area (Å²) in [7, 11) is -3.81. The number of carbonyl (C=O) groups excluding carboxylic acids is 2. The zero-order chi connectivity index (χ0) is 12.9. The standard InChI is InChI=1S/C8H12N2O5S/c1-4-16(13,14)15-10-8(12)6(3)5(2)7(9)11/h2-4H2,1H3,(H2,9,11)(H,10,12). The summed E-state index contributed by atoms with van der Waals surface area (Å²) in [6, 6.07) is 0. The summed E-state index contributed by atoms with van der Waals surface area (Å²) in [5.41, 5.74) is 5.77. The highest BCUT2D eigenvalue weighted by Crippen LogP contribution is 2.04. The van der Waals surface area contributed by atoms with Crippen LogP contribution >= 0.6 is 0 Å². The maximum Gasteiger partial charge on any atom is 0.287 e. The Kier molecular flexibility index (Phi) is 4.86. The number of hydrogen-bond donors (Lipinski definition) is 2. The minimum absolute atomic E-state index is 0.309. The topological polar surface area (TPSA) is 116 Å². The molecule has 3 N–H and O–H groups in total.